The van der Waals surface area contributed by atoms with Gasteiger partial charge in [0.1, 0.15) is 5.75 Å². The molecule has 2 aliphatic rings. The number of benzene rings is 1. The standard InChI is InChI=1S/C19H26N2O2/c1-23-18-10-5-7-16(15-18)19(22)21-12-6-11-20(13-14-21)17-8-3-2-4-9-17/h3,5,7-8,10,15,17H,2,4,6,9,11-14H2,1H3. The minimum Gasteiger partial charge on any atom is -0.497 e. The zero-order valence-electron chi connectivity index (χ0n) is 13.9. The number of hydrogen-bond acceptors (Lipinski definition) is 3. The fourth-order valence-electron chi connectivity index (χ4n) is 3.51. The van der Waals surface area contributed by atoms with Crippen molar-refractivity contribution >= 4 is 5.91 Å². The van der Waals surface area contributed by atoms with E-state index in [2.05, 4.69) is 17.1 Å². The first-order chi connectivity index (χ1) is 11.3. The fourth-order valence-corrected chi connectivity index (χ4v) is 3.51. The van der Waals surface area contributed by atoms with E-state index in [9.17, 15) is 4.79 Å². The van der Waals surface area contributed by atoms with Gasteiger partial charge < -0.3 is 9.64 Å². The molecule has 1 aromatic carbocycles. The molecule has 4 heteroatoms. The minimum absolute atomic E-state index is 0.116. The van der Waals surface area contributed by atoms with Gasteiger partial charge in [-0.1, -0.05) is 18.2 Å². The second-order valence-electron chi connectivity index (χ2n) is 6.34. The molecule has 1 heterocycles. The van der Waals surface area contributed by atoms with Gasteiger partial charge in [0.25, 0.3) is 5.91 Å². The molecule has 124 valence electrons. The zero-order chi connectivity index (χ0) is 16.1. The molecule has 1 saturated heterocycles. The normalized spacial score (nSPS) is 22.7. The van der Waals surface area contributed by atoms with Crippen LogP contribution in [0.4, 0.5) is 0 Å². The van der Waals surface area contributed by atoms with Gasteiger partial charge in [-0.15, -0.1) is 0 Å². The average molecular weight is 314 g/mol. The molecule has 0 spiro atoms. The number of hydrogen-bond donors (Lipinski definition) is 0. The molecule has 0 aromatic heterocycles. The van der Waals surface area contributed by atoms with Crippen LogP contribution in [-0.4, -0.2) is 55.0 Å². The zero-order valence-corrected chi connectivity index (χ0v) is 13.9. The third kappa shape index (κ3) is 3.94. The lowest BCUT2D eigenvalue weighted by molar-refractivity contribution is 0.0759. The summed E-state index contributed by atoms with van der Waals surface area (Å²) in [6, 6.07) is 8.02. The molecule has 0 bridgehead atoms. The lowest BCUT2D eigenvalue weighted by atomic mass is 10.0. The monoisotopic (exact) mass is 314 g/mol. The number of allylic oxidation sites excluding steroid dienone is 1. The first-order valence-electron chi connectivity index (χ1n) is 8.62. The summed E-state index contributed by atoms with van der Waals surface area (Å²) < 4.78 is 5.23. The van der Waals surface area contributed by atoms with E-state index in [0.29, 0.717) is 6.04 Å². The van der Waals surface area contributed by atoms with E-state index >= 15 is 0 Å². The van der Waals surface area contributed by atoms with E-state index < -0.39 is 0 Å². The van der Waals surface area contributed by atoms with E-state index in [4.69, 9.17) is 4.74 Å². The largest absolute Gasteiger partial charge is 0.497 e. The van der Waals surface area contributed by atoms with Crippen molar-refractivity contribution in [2.75, 3.05) is 33.3 Å². The number of methoxy groups -OCH3 is 1. The highest BCUT2D eigenvalue weighted by atomic mass is 16.5. The summed E-state index contributed by atoms with van der Waals surface area (Å²) in [5, 5.41) is 0. The highest BCUT2D eigenvalue weighted by molar-refractivity contribution is 5.94. The molecular formula is C19H26N2O2. The Hall–Kier alpha value is -1.81. The van der Waals surface area contributed by atoms with Gasteiger partial charge >= 0.3 is 0 Å². The van der Waals surface area contributed by atoms with Gasteiger partial charge in [0.15, 0.2) is 0 Å². The molecular weight excluding hydrogens is 288 g/mol. The van der Waals surface area contributed by atoms with Crippen LogP contribution < -0.4 is 4.74 Å². The first-order valence-corrected chi connectivity index (χ1v) is 8.62. The highest BCUT2D eigenvalue weighted by Crippen LogP contribution is 2.20. The molecule has 1 atom stereocenters. The van der Waals surface area contributed by atoms with Crippen LogP contribution in [0.1, 0.15) is 36.0 Å². The second kappa shape index (κ2) is 7.64. The molecule has 1 aromatic rings. The van der Waals surface area contributed by atoms with Crippen molar-refractivity contribution in [3.63, 3.8) is 0 Å². The second-order valence-corrected chi connectivity index (χ2v) is 6.34. The van der Waals surface area contributed by atoms with E-state index in [1.807, 2.05) is 29.2 Å². The lowest BCUT2D eigenvalue weighted by Gasteiger charge is -2.30. The van der Waals surface area contributed by atoms with Crippen LogP contribution in [0, 0.1) is 0 Å². The maximum Gasteiger partial charge on any atom is 0.254 e. The highest BCUT2D eigenvalue weighted by Gasteiger charge is 2.24. The molecule has 3 rings (SSSR count). The summed E-state index contributed by atoms with van der Waals surface area (Å²) in [6.45, 7) is 3.69. The smallest absolute Gasteiger partial charge is 0.254 e. The minimum atomic E-state index is 0.116. The molecule has 1 aliphatic carbocycles. The summed E-state index contributed by atoms with van der Waals surface area (Å²) in [6.07, 6.45) is 9.44. The van der Waals surface area contributed by atoms with E-state index in [-0.39, 0.29) is 5.91 Å². The summed E-state index contributed by atoms with van der Waals surface area (Å²) in [7, 11) is 1.63. The maximum absolute atomic E-state index is 12.7. The molecule has 0 radical (unpaired) electrons. The van der Waals surface area contributed by atoms with E-state index in [1.165, 1.54) is 19.3 Å². The Balaban J connectivity index is 1.63. The molecule has 23 heavy (non-hydrogen) atoms. The van der Waals surface area contributed by atoms with Crippen LogP contribution in [-0.2, 0) is 0 Å². The number of rotatable bonds is 3. The van der Waals surface area contributed by atoms with Crippen molar-refractivity contribution < 1.29 is 9.53 Å². The van der Waals surface area contributed by atoms with Crippen molar-refractivity contribution in [2.24, 2.45) is 0 Å². The van der Waals surface area contributed by atoms with Crippen molar-refractivity contribution in [3.8, 4) is 5.75 Å². The lowest BCUT2D eigenvalue weighted by Crippen LogP contribution is -2.39. The Morgan fingerprint density at radius 1 is 1.17 bits per heavy atom. The first kappa shape index (κ1) is 16.1. The molecule has 1 unspecified atom stereocenters. The van der Waals surface area contributed by atoms with Crippen molar-refractivity contribution in [1.29, 1.82) is 0 Å². The van der Waals surface area contributed by atoms with E-state index in [1.54, 1.807) is 7.11 Å². The van der Waals surface area contributed by atoms with Crippen LogP contribution in [0.3, 0.4) is 0 Å². The Morgan fingerprint density at radius 3 is 2.87 bits per heavy atom. The quantitative estimate of drug-likeness (QED) is 0.804. The van der Waals surface area contributed by atoms with Gasteiger partial charge in [-0.25, -0.2) is 0 Å². The SMILES string of the molecule is COc1cccc(C(=O)N2CCCN(C3C=CCCC3)CC2)c1. The van der Waals surface area contributed by atoms with Crippen LogP contribution in [0.2, 0.25) is 0 Å². The summed E-state index contributed by atoms with van der Waals surface area (Å²) in [4.78, 5) is 17.3. The Morgan fingerprint density at radius 2 is 2.09 bits per heavy atom. The van der Waals surface area contributed by atoms with Crippen LogP contribution in [0.15, 0.2) is 36.4 Å². The Bertz CT molecular complexity index is 570. The van der Waals surface area contributed by atoms with Crippen LogP contribution in [0.25, 0.3) is 0 Å². The van der Waals surface area contributed by atoms with Gasteiger partial charge in [-0.3, -0.25) is 9.69 Å². The third-order valence-electron chi connectivity index (χ3n) is 4.83. The number of carbonyl (C=O) groups excluding carboxylic acids is 1. The molecule has 0 N–H and O–H groups in total. The summed E-state index contributed by atoms with van der Waals surface area (Å²) >= 11 is 0. The molecule has 0 saturated carbocycles. The predicted octanol–water partition coefficient (Wildman–Crippen LogP) is 2.95. The van der Waals surface area contributed by atoms with Gasteiger partial charge in [-0.2, -0.15) is 0 Å². The average Bonchev–Trinajstić information content (AvgIpc) is 2.88. The van der Waals surface area contributed by atoms with E-state index in [0.717, 1.165) is 43.9 Å². The van der Waals surface area contributed by atoms with Crippen molar-refractivity contribution in [2.45, 2.75) is 31.7 Å². The van der Waals surface area contributed by atoms with Crippen molar-refractivity contribution in [3.05, 3.63) is 42.0 Å². The Kier molecular flexibility index (Phi) is 5.34. The number of amides is 1. The van der Waals surface area contributed by atoms with Crippen LogP contribution >= 0.6 is 0 Å². The maximum atomic E-state index is 12.7. The van der Waals surface area contributed by atoms with Gasteiger partial charge in [-0.05, 0) is 43.9 Å². The summed E-state index contributed by atoms with van der Waals surface area (Å²) in [5.74, 6) is 0.851. The number of ether oxygens (including phenoxy) is 1. The Labute approximate surface area is 138 Å². The topological polar surface area (TPSA) is 32.8 Å². The molecule has 1 aliphatic heterocycles. The van der Waals surface area contributed by atoms with Gasteiger partial charge in [0, 0.05) is 37.8 Å². The van der Waals surface area contributed by atoms with Crippen molar-refractivity contribution in [1.82, 2.24) is 9.80 Å². The van der Waals surface area contributed by atoms with Gasteiger partial charge in [0.2, 0.25) is 0 Å². The third-order valence-corrected chi connectivity index (χ3v) is 4.83. The molecule has 1 amide bonds. The fraction of sp³-hybridized carbons (Fsp3) is 0.526. The van der Waals surface area contributed by atoms with Gasteiger partial charge in [0.05, 0.1) is 7.11 Å². The summed E-state index contributed by atoms with van der Waals surface area (Å²) in [5.41, 5.74) is 0.718. The number of nitrogens with zero attached hydrogens (tertiary/aromatic N) is 2. The predicted molar refractivity (Wildman–Crippen MR) is 91.9 cm³/mol. The molecule has 4 nitrogen and oxygen atoms in total. The molecule has 1 fully saturated rings. The van der Waals surface area contributed by atoms with Crippen LogP contribution in [0.5, 0.6) is 5.75 Å². The number of carbonyl (C=O) groups is 1.